The van der Waals surface area contributed by atoms with E-state index in [0.717, 1.165) is 12.8 Å². The molecule has 1 aliphatic carbocycles. The molecule has 1 aromatic rings. The molecular weight excluding hydrogens is 212 g/mol. The molecular formula is C15H16O2. The minimum Gasteiger partial charge on any atom is -0.299 e. The summed E-state index contributed by atoms with van der Waals surface area (Å²) in [5.41, 5.74) is 0.625. The van der Waals surface area contributed by atoms with Crippen molar-refractivity contribution < 1.29 is 9.59 Å². The van der Waals surface area contributed by atoms with Gasteiger partial charge >= 0.3 is 0 Å². The second-order valence-corrected chi connectivity index (χ2v) is 4.47. The van der Waals surface area contributed by atoms with Gasteiger partial charge < -0.3 is 0 Å². The van der Waals surface area contributed by atoms with Gasteiger partial charge in [0.25, 0.3) is 0 Å². The maximum Gasteiger partial charge on any atom is 0.173 e. The fourth-order valence-corrected chi connectivity index (χ4v) is 2.45. The van der Waals surface area contributed by atoms with Gasteiger partial charge in [-0.1, -0.05) is 36.4 Å². The van der Waals surface area contributed by atoms with Crippen LogP contribution in [0.15, 0.2) is 43.0 Å². The summed E-state index contributed by atoms with van der Waals surface area (Å²) < 4.78 is 0. The van der Waals surface area contributed by atoms with Crippen LogP contribution in [-0.2, 0) is 4.79 Å². The van der Waals surface area contributed by atoms with Gasteiger partial charge in [-0.15, -0.1) is 6.58 Å². The fourth-order valence-electron chi connectivity index (χ4n) is 2.45. The van der Waals surface area contributed by atoms with Crippen LogP contribution in [0.3, 0.4) is 0 Å². The molecule has 17 heavy (non-hydrogen) atoms. The molecule has 1 fully saturated rings. The molecule has 0 unspecified atom stereocenters. The highest BCUT2D eigenvalue weighted by Crippen LogP contribution is 2.30. The van der Waals surface area contributed by atoms with Gasteiger partial charge in [0.05, 0.1) is 5.92 Å². The van der Waals surface area contributed by atoms with Crippen LogP contribution in [0.4, 0.5) is 0 Å². The number of rotatable bonds is 3. The molecule has 0 radical (unpaired) electrons. The highest BCUT2D eigenvalue weighted by Gasteiger charge is 2.35. The van der Waals surface area contributed by atoms with Gasteiger partial charge in [-0.2, -0.15) is 0 Å². The lowest BCUT2D eigenvalue weighted by molar-refractivity contribution is -0.124. The van der Waals surface area contributed by atoms with Crippen molar-refractivity contribution in [3.8, 4) is 0 Å². The van der Waals surface area contributed by atoms with Crippen LogP contribution >= 0.6 is 0 Å². The van der Waals surface area contributed by atoms with Gasteiger partial charge in [0, 0.05) is 12.0 Å². The molecule has 2 nitrogen and oxygen atoms in total. The largest absolute Gasteiger partial charge is 0.299 e. The average molecular weight is 228 g/mol. The maximum atomic E-state index is 12.3. The van der Waals surface area contributed by atoms with Crippen LogP contribution in [0, 0.1) is 11.8 Å². The number of ketones is 2. The fraction of sp³-hybridized carbons (Fsp3) is 0.333. The quantitative estimate of drug-likeness (QED) is 0.452. The molecule has 0 spiro atoms. The Morgan fingerprint density at radius 3 is 2.65 bits per heavy atom. The summed E-state index contributed by atoms with van der Waals surface area (Å²) in [7, 11) is 0. The predicted molar refractivity (Wildman–Crippen MR) is 66.8 cm³/mol. The standard InChI is InChI=1S/C15H16O2/c1-2-11-9-6-10-13(16)14(11)15(17)12-7-4-3-5-8-12/h2-5,7-8,11,14H,1,6,9-10H2/t11-,14+/m1/s1. The highest BCUT2D eigenvalue weighted by molar-refractivity contribution is 6.11. The number of hydrogen-bond acceptors (Lipinski definition) is 2. The Balaban J connectivity index is 2.27. The zero-order valence-electron chi connectivity index (χ0n) is 9.76. The number of hydrogen-bond donors (Lipinski definition) is 0. The van der Waals surface area contributed by atoms with Crippen LogP contribution in [0.2, 0.25) is 0 Å². The Morgan fingerprint density at radius 2 is 2.00 bits per heavy atom. The van der Waals surface area contributed by atoms with Gasteiger partial charge in [-0.25, -0.2) is 0 Å². The third-order valence-electron chi connectivity index (χ3n) is 3.38. The Hall–Kier alpha value is -1.70. The molecule has 1 aromatic carbocycles. The lowest BCUT2D eigenvalue weighted by Gasteiger charge is -2.26. The highest BCUT2D eigenvalue weighted by atomic mass is 16.2. The Labute approximate surface area is 101 Å². The first kappa shape index (κ1) is 11.8. The van der Waals surface area contributed by atoms with Gasteiger partial charge in [0.2, 0.25) is 0 Å². The van der Waals surface area contributed by atoms with Crippen molar-refractivity contribution in [1.82, 2.24) is 0 Å². The smallest absolute Gasteiger partial charge is 0.173 e. The molecule has 0 saturated heterocycles. The summed E-state index contributed by atoms with van der Waals surface area (Å²) in [6.07, 6.45) is 4.03. The van der Waals surface area contributed by atoms with Crippen LogP contribution in [-0.4, -0.2) is 11.6 Å². The van der Waals surface area contributed by atoms with E-state index in [4.69, 9.17) is 0 Å². The molecule has 2 heteroatoms. The van der Waals surface area contributed by atoms with Crippen molar-refractivity contribution in [1.29, 1.82) is 0 Å². The summed E-state index contributed by atoms with van der Waals surface area (Å²) in [6.45, 7) is 3.74. The number of benzene rings is 1. The van der Waals surface area contributed by atoms with E-state index in [2.05, 4.69) is 6.58 Å². The SMILES string of the molecule is C=C[C@@H]1CCCC(=O)[C@H]1C(=O)c1ccccc1. The molecule has 0 heterocycles. The van der Waals surface area contributed by atoms with E-state index in [1.807, 2.05) is 18.2 Å². The van der Waals surface area contributed by atoms with Gasteiger partial charge in [-0.3, -0.25) is 9.59 Å². The van der Waals surface area contributed by atoms with E-state index >= 15 is 0 Å². The number of Topliss-reactive ketones (excluding diaryl/α,β-unsaturated/α-hetero) is 2. The Morgan fingerprint density at radius 1 is 1.29 bits per heavy atom. The summed E-state index contributed by atoms with van der Waals surface area (Å²) >= 11 is 0. The van der Waals surface area contributed by atoms with Crippen LogP contribution < -0.4 is 0 Å². The third kappa shape index (κ3) is 2.36. The molecule has 2 rings (SSSR count). The third-order valence-corrected chi connectivity index (χ3v) is 3.38. The van der Waals surface area contributed by atoms with Crippen LogP contribution in [0.1, 0.15) is 29.6 Å². The summed E-state index contributed by atoms with van der Waals surface area (Å²) in [4.78, 5) is 24.2. The van der Waals surface area contributed by atoms with Crippen molar-refractivity contribution >= 4 is 11.6 Å². The summed E-state index contributed by atoms with van der Waals surface area (Å²) in [6, 6.07) is 9.05. The molecule has 2 atom stereocenters. The second-order valence-electron chi connectivity index (χ2n) is 4.47. The minimum atomic E-state index is -0.511. The zero-order valence-corrected chi connectivity index (χ0v) is 9.76. The van der Waals surface area contributed by atoms with E-state index in [1.54, 1.807) is 18.2 Å². The molecule has 0 N–H and O–H groups in total. The van der Waals surface area contributed by atoms with Crippen molar-refractivity contribution in [2.24, 2.45) is 11.8 Å². The van der Waals surface area contributed by atoms with E-state index < -0.39 is 5.92 Å². The number of carbonyl (C=O) groups excluding carboxylic acids is 2. The van der Waals surface area contributed by atoms with Gasteiger partial charge in [-0.05, 0) is 18.8 Å². The van der Waals surface area contributed by atoms with Crippen LogP contribution in [0.25, 0.3) is 0 Å². The lowest BCUT2D eigenvalue weighted by atomic mass is 9.74. The molecule has 0 aromatic heterocycles. The van der Waals surface area contributed by atoms with Crippen LogP contribution in [0.5, 0.6) is 0 Å². The zero-order chi connectivity index (χ0) is 12.3. The molecule has 1 aliphatic rings. The van der Waals surface area contributed by atoms with E-state index in [0.29, 0.717) is 12.0 Å². The van der Waals surface area contributed by atoms with Gasteiger partial charge in [0.15, 0.2) is 5.78 Å². The number of allylic oxidation sites excluding steroid dienone is 1. The summed E-state index contributed by atoms with van der Waals surface area (Å²) in [5, 5.41) is 0. The van der Waals surface area contributed by atoms with Crippen molar-refractivity contribution in [2.75, 3.05) is 0 Å². The topological polar surface area (TPSA) is 34.1 Å². The number of carbonyl (C=O) groups is 2. The molecule has 0 amide bonds. The van der Waals surface area contributed by atoms with Crippen molar-refractivity contribution in [3.05, 3.63) is 48.6 Å². The molecule has 1 saturated carbocycles. The Bertz CT molecular complexity index is 433. The monoisotopic (exact) mass is 228 g/mol. The van der Waals surface area contributed by atoms with Crippen molar-refractivity contribution in [2.45, 2.75) is 19.3 Å². The average Bonchev–Trinajstić information content (AvgIpc) is 2.38. The summed E-state index contributed by atoms with van der Waals surface area (Å²) in [5.74, 6) is -0.497. The second kappa shape index (κ2) is 5.09. The molecule has 0 aliphatic heterocycles. The first-order valence-corrected chi connectivity index (χ1v) is 5.98. The van der Waals surface area contributed by atoms with Gasteiger partial charge in [0.1, 0.15) is 5.78 Å². The first-order valence-electron chi connectivity index (χ1n) is 5.98. The molecule has 0 bridgehead atoms. The predicted octanol–water partition coefficient (Wildman–Crippen LogP) is 3.04. The lowest BCUT2D eigenvalue weighted by Crippen LogP contribution is -2.34. The minimum absolute atomic E-state index is 0.00366. The van der Waals surface area contributed by atoms with E-state index in [-0.39, 0.29) is 17.5 Å². The normalized spacial score (nSPS) is 24.4. The van der Waals surface area contributed by atoms with E-state index in [1.165, 1.54) is 0 Å². The molecule has 88 valence electrons. The first-order chi connectivity index (χ1) is 8.24. The maximum absolute atomic E-state index is 12.3. The van der Waals surface area contributed by atoms with E-state index in [9.17, 15) is 9.59 Å². The Kier molecular flexibility index (Phi) is 3.52. The van der Waals surface area contributed by atoms with Crippen molar-refractivity contribution in [3.63, 3.8) is 0 Å².